The maximum Gasteiger partial charge on any atom is 0.255 e. The Morgan fingerprint density at radius 3 is 2.82 bits per heavy atom. The Bertz CT molecular complexity index is 990. The van der Waals surface area contributed by atoms with Gasteiger partial charge in [-0.25, -0.2) is 9.38 Å². The van der Waals surface area contributed by atoms with E-state index in [0.29, 0.717) is 13.0 Å². The highest BCUT2D eigenvalue weighted by atomic mass is 35.5. The van der Waals surface area contributed by atoms with Crippen LogP contribution < -0.4 is 0 Å². The van der Waals surface area contributed by atoms with E-state index in [2.05, 4.69) is 20.2 Å². The van der Waals surface area contributed by atoms with Crippen LogP contribution in [0.5, 0.6) is 0 Å². The molecule has 1 aromatic carbocycles. The summed E-state index contributed by atoms with van der Waals surface area (Å²) in [5.41, 5.74) is 1.44. The highest BCUT2D eigenvalue weighted by molar-refractivity contribution is 6.44. The molecular formula is C19H18Cl2FN5O. The maximum absolute atomic E-state index is 13.6. The third-order valence-corrected chi connectivity index (χ3v) is 6.55. The van der Waals surface area contributed by atoms with Crippen LogP contribution >= 0.6 is 23.2 Å². The maximum atomic E-state index is 13.6. The SMILES string of the molecule is CC1C2=NC=NC(C)(c3ccn[nH]3)C2CCN1C(=O)c1ccc(F)c(Cl)c1Cl. The predicted octanol–water partition coefficient (Wildman–Crippen LogP) is 4.10. The Morgan fingerprint density at radius 1 is 1.32 bits per heavy atom. The minimum Gasteiger partial charge on any atom is -0.331 e. The van der Waals surface area contributed by atoms with E-state index in [1.54, 1.807) is 17.4 Å². The van der Waals surface area contributed by atoms with Crippen molar-refractivity contribution in [2.75, 3.05) is 6.54 Å². The van der Waals surface area contributed by atoms with E-state index in [9.17, 15) is 9.18 Å². The van der Waals surface area contributed by atoms with E-state index in [4.69, 9.17) is 23.2 Å². The minimum atomic E-state index is -0.654. The second kappa shape index (κ2) is 6.97. The number of likely N-dealkylation sites (tertiary alicyclic amines) is 1. The fourth-order valence-electron chi connectivity index (χ4n) is 4.05. The topological polar surface area (TPSA) is 73.7 Å². The van der Waals surface area contributed by atoms with Gasteiger partial charge in [-0.1, -0.05) is 23.2 Å². The number of nitrogens with one attached hydrogen (secondary N) is 1. The summed E-state index contributed by atoms with van der Waals surface area (Å²) < 4.78 is 13.6. The molecule has 2 aliphatic rings. The zero-order valence-electron chi connectivity index (χ0n) is 15.3. The molecular weight excluding hydrogens is 404 g/mol. The number of amides is 1. The molecule has 2 aliphatic heterocycles. The molecule has 3 atom stereocenters. The zero-order valence-corrected chi connectivity index (χ0v) is 16.8. The van der Waals surface area contributed by atoms with Crippen LogP contribution in [-0.4, -0.2) is 45.6 Å². The van der Waals surface area contributed by atoms with Gasteiger partial charge in [0.2, 0.25) is 0 Å². The lowest BCUT2D eigenvalue weighted by atomic mass is 9.73. The molecule has 28 heavy (non-hydrogen) atoms. The van der Waals surface area contributed by atoms with Gasteiger partial charge >= 0.3 is 0 Å². The highest BCUT2D eigenvalue weighted by Gasteiger charge is 2.47. The van der Waals surface area contributed by atoms with Crippen LogP contribution in [0.25, 0.3) is 0 Å². The number of nitrogens with zero attached hydrogens (tertiary/aromatic N) is 4. The minimum absolute atomic E-state index is 0.0317. The molecule has 0 spiro atoms. The zero-order chi connectivity index (χ0) is 20.1. The molecule has 9 heteroatoms. The molecule has 1 amide bonds. The van der Waals surface area contributed by atoms with Gasteiger partial charge in [-0.15, -0.1) is 0 Å². The van der Waals surface area contributed by atoms with Crippen LogP contribution in [0.3, 0.4) is 0 Å². The van der Waals surface area contributed by atoms with Gasteiger partial charge < -0.3 is 4.90 Å². The van der Waals surface area contributed by atoms with Crippen LogP contribution in [0.2, 0.25) is 10.0 Å². The Hall–Kier alpha value is -2.25. The molecule has 1 fully saturated rings. The van der Waals surface area contributed by atoms with Crippen molar-refractivity contribution < 1.29 is 9.18 Å². The highest BCUT2D eigenvalue weighted by Crippen LogP contribution is 2.41. The number of hydrogen-bond donors (Lipinski definition) is 1. The first kappa shape index (κ1) is 19.1. The van der Waals surface area contributed by atoms with E-state index in [1.807, 2.05) is 19.9 Å². The first-order valence-corrected chi connectivity index (χ1v) is 9.65. The van der Waals surface area contributed by atoms with E-state index in [-0.39, 0.29) is 33.5 Å². The number of benzene rings is 1. The smallest absolute Gasteiger partial charge is 0.255 e. The van der Waals surface area contributed by atoms with Gasteiger partial charge in [0.25, 0.3) is 5.91 Å². The molecule has 1 saturated heterocycles. The fraction of sp³-hybridized carbons (Fsp3) is 0.368. The monoisotopic (exact) mass is 421 g/mol. The number of hydrogen-bond acceptors (Lipinski definition) is 4. The second-order valence-corrected chi connectivity index (χ2v) is 7.91. The number of aromatic nitrogens is 2. The number of fused-ring (bicyclic) bond motifs is 1. The Balaban J connectivity index is 1.65. The van der Waals surface area contributed by atoms with Crippen LogP contribution in [0.1, 0.15) is 36.3 Å². The third-order valence-electron chi connectivity index (χ3n) is 5.69. The molecule has 0 aliphatic carbocycles. The summed E-state index contributed by atoms with van der Waals surface area (Å²) in [5, 5.41) is 6.73. The summed E-state index contributed by atoms with van der Waals surface area (Å²) in [5.74, 6) is -0.922. The molecule has 6 nitrogen and oxygen atoms in total. The standard InChI is InChI=1S/C19H18Cl2FN5O/c1-10-17-12(19(2,24-9-23-17)14-5-7-25-26-14)6-8-27(10)18(28)11-3-4-13(22)16(21)15(11)20/h3-5,7,9-10,12H,6,8H2,1-2H3,(H,25,26). The van der Waals surface area contributed by atoms with E-state index >= 15 is 0 Å². The summed E-state index contributed by atoms with van der Waals surface area (Å²) in [6.45, 7) is 4.46. The number of rotatable bonds is 2. The summed E-state index contributed by atoms with van der Waals surface area (Å²) in [7, 11) is 0. The molecule has 0 bridgehead atoms. The summed E-state index contributed by atoms with van der Waals surface area (Å²) in [6.07, 6.45) is 3.91. The lowest BCUT2D eigenvalue weighted by molar-refractivity contribution is 0.0688. The number of H-pyrrole nitrogens is 1. The van der Waals surface area contributed by atoms with Crippen LogP contribution in [0, 0.1) is 11.7 Å². The lowest BCUT2D eigenvalue weighted by Gasteiger charge is -2.45. The first-order valence-electron chi connectivity index (χ1n) is 8.90. The van der Waals surface area contributed by atoms with Crippen molar-refractivity contribution in [3.05, 3.63) is 51.5 Å². The van der Waals surface area contributed by atoms with Crippen molar-refractivity contribution in [1.82, 2.24) is 15.1 Å². The number of carbonyl (C=O) groups excluding carboxylic acids is 1. The first-order chi connectivity index (χ1) is 13.3. The van der Waals surface area contributed by atoms with Gasteiger partial charge in [-0.05, 0) is 38.5 Å². The van der Waals surface area contributed by atoms with Crippen LogP contribution in [0.15, 0.2) is 34.4 Å². The average Bonchev–Trinajstić information content (AvgIpc) is 3.22. The van der Waals surface area contributed by atoms with Crippen molar-refractivity contribution >= 4 is 41.2 Å². The number of aliphatic imine (C=N–C) groups is 2. The molecule has 0 radical (unpaired) electrons. The summed E-state index contributed by atoms with van der Waals surface area (Å²) in [4.78, 5) is 23.9. The number of aromatic amines is 1. The van der Waals surface area contributed by atoms with Crippen LogP contribution in [0.4, 0.5) is 4.39 Å². The van der Waals surface area contributed by atoms with E-state index in [1.165, 1.54) is 6.07 Å². The molecule has 0 saturated carbocycles. The van der Waals surface area contributed by atoms with Gasteiger partial charge in [0.1, 0.15) is 17.7 Å². The van der Waals surface area contributed by atoms with Crippen molar-refractivity contribution in [3.63, 3.8) is 0 Å². The molecule has 2 aromatic rings. The molecule has 3 unspecified atom stereocenters. The van der Waals surface area contributed by atoms with Crippen molar-refractivity contribution in [3.8, 4) is 0 Å². The normalized spacial score (nSPS) is 26.8. The quantitative estimate of drug-likeness (QED) is 0.740. The lowest BCUT2D eigenvalue weighted by Crippen LogP contribution is -2.56. The summed E-state index contributed by atoms with van der Waals surface area (Å²) in [6, 6.07) is 4.16. The van der Waals surface area contributed by atoms with E-state index in [0.717, 1.165) is 17.5 Å². The largest absolute Gasteiger partial charge is 0.331 e. The fourth-order valence-corrected chi connectivity index (χ4v) is 4.45. The van der Waals surface area contributed by atoms with Gasteiger partial charge in [-0.2, -0.15) is 5.10 Å². The Morgan fingerprint density at radius 2 is 2.11 bits per heavy atom. The van der Waals surface area contributed by atoms with Crippen LogP contribution in [-0.2, 0) is 5.54 Å². The van der Waals surface area contributed by atoms with Crippen molar-refractivity contribution in [2.24, 2.45) is 15.9 Å². The van der Waals surface area contributed by atoms with Gasteiger partial charge in [0, 0.05) is 24.4 Å². The Kier molecular flexibility index (Phi) is 4.75. The predicted molar refractivity (Wildman–Crippen MR) is 107 cm³/mol. The average molecular weight is 422 g/mol. The molecule has 3 heterocycles. The number of carbonyl (C=O) groups is 1. The van der Waals surface area contributed by atoms with Gasteiger partial charge in [-0.3, -0.25) is 14.9 Å². The molecule has 4 rings (SSSR count). The number of halogens is 3. The third kappa shape index (κ3) is 2.84. The second-order valence-electron chi connectivity index (χ2n) is 7.16. The van der Waals surface area contributed by atoms with Gasteiger partial charge in [0.15, 0.2) is 0 Å². The number of piperidine rings is 1. The molecule has 1 N–H and O–H groups in total. The van der Waals surface area contributed by atoms with Crippen molar-refractivity contribution in [2.45, 2.75) is 31.8 Å². The molecule has 1 aromatic heterocycles. The van der Waals surface area contributed by atoms with Crippen molar-refractivity contribution in [1.29, 1.82) is 0 Å². The summed E-state index contributed by atoms with van der Waals surface area (Å²) >= 11 is 12.0. The van der Waals surface area contributed by atoms with Gasteiger partial charge in [0.05, 0.1) is 27.3 Å². The molecule has 146 valence electrons. The van der Waals surface area contributed by atoms with E-state index < -0.39 is 11.4 Å². The Labute approximate surface area is 171 Å².